The number of aromatic nitrogens is 2. The molecule has 1 aliphatic rings. The van der Waals surface area contributed by atoms with E-state index in [1.165, 1.54) is 44.3 Å². The molecule has 0 aliphatic carbocycles. The van der Waals surface area contributed by atoms with Gasteiger partial charge in [-0.1, -0.05) is 102 Å². The maximum Gasteiger partial charge on any atom is 0.301 e. The summed E-state index contributed by atoms with van der Waals surface area (Å²) < 4.78 is 7.64. The van der Waals surface area contributed by atoms with E-state index < -0.39 is 17.7 Å². The molecule has 6 aromatic rings. The number of aryl methyl sites for hydroxylation is 1. The standard InChI is InChI=1S/C38H28IN3O4S2/c1-23-7-2-3-9-27(23)21-46-30-19-15-26(16-20-30)34(43)32-33(25-13-17-29(39)18-14-25)42(36(45)35(32)44)37-40-41-38(48-37)47-22-28-11-6-10-24-8-4-5-12-31(24)28/h2-20,33,43H,21-22H2,1H3/b34-32+. The number of nitrogens with zero attached hydrogens (tertiary/aromatic N) is 3. The second kappa shape index (κ2) is 13.9. The number of hydrogen-bond acceptors (Lipinski definition) is 8. The largest absolute Gasteiger partial charge is 0.507 e. The molecule has 0 saturated carbocycles. The fraction of sp³-hybridized carbons (Fsp3) is 0.105. The van der Waals surface area contributed by atoms with Gasteiger partial charge < -0.3 is 9.84 Å². The van der Waals surface area contributed by atoms with Crippen LogP contribution in [-0.4, -0.2) is 27.0 Å². The minimum absolute atomic E-state index is 0.00468. The monoisotopic (exact) mass is 781 g/mol. The van der Waals surface area contributed by atoms with E-state index in [0.717, 1.165) is 14.7 Å². The van der Waals surface area contributed by atoms with Crippen LogP contribution in [0.2, 0.25) is 0 Å². The number of thioether (sulfide) groups is 1. The Morgan fingerprint density at radius 1 is 0.875 bits per heavy atom. The Kier molecular flexibility index (Phi) is 9.29. The zero-order valence-corrected chi connectivity index (χ0v) is 29.5. The molecule has 10 heteroatoms. The molecule has 1 aromatic heterocycles. The van der Waals surface area contributed by atoms with Crippen molar-refractivity contribution in [3.8, 4) is 5.75 Å². The van der Waals surface area contributed by atoms with Gasteiger partial charge in [-0.05, 0) is 98.9 Å². The molecule has 1 N–H and O–H groups in total. The first-order valence-corrected chi connectivity index (χ1v) is 18.0. The molecule has 2 heterocycles. The van der Waals surface area contributed by atoms with Crippen molar-refractivity contribution in [1.82, 2.24) is 10.2 Å². The number of rotatable bonds is 9. The Morgan fingerprint density at radius 2 is 1.58 bits per heavy atom. The van der Waals surface area contributed by atoms with E-state index in [0.29, 0.717) is 38.7 Å². The van der Waals surface area contributed by atoms with E-state index in [-0.39, 0.29) is 11.3 Å². The lowest BCUT2D eigenvalue weighted by molar-refractivity contribution is -0.132. The maximum absolute atomic E-state index is 13.7. The number of aliphatic hydroxyl groups excluding tert-OH is 1. The molecule has 1 aliphatic heterocycles. The van der Waals surface area contributed by atoms with Gasteiger partial charge in [-0.15, -0.1) is 10.2 Å². The van der Waals surface area contributed by atoms with Crippen molar-refractivity contribution in [3.63, 3.8) is 0 Å². The lowest BCUT2D eigenvalue weighted by Gasteiger charge is -2.22. The lowest BCUT2D eigenvalue weighted by atomic mass is 9.95. The first-order chi connectivity index (χ1) is 23.4. The van der Waals surface area contributed by atoms with Crippen LogP contribution in [0, 0.1) is 10.5 Å². The maximum atomic E-state index is 13.7. The SMILES string of the molecule is Cc1ccccc1COc1ccc(/C(O)=C2\C(=O)C(=O)N(c3nnc(SCc4cccc5ccccc45)s3)C2c2ccc(I)cc2)cc1. The number of halogens is 1. The number of hydrogen-bond donors (Lipinski definition) is 1. The Labute approximate surface area is 299 Å². The predicted octanol–water partition coefficient (Wildman–Crippen LogP) is 9.10. The van der Waals surface area contributed by atoms with Gasteiger partial charge in [-0.3, -0.25) is 14.5 Å². The molecule has 7 nitrogen and oxygen atoms in total. The van der Waals surface area contributed by atoms with Gasteiger partial charge in [-0.25, -0.2) is 0 Å². The van der Waals surface area contributed by atoms with E-state index in [4.69, 9.17) is 4.74 Å². The highest BCUT2D eigenvalue weighted by molar-refractivity contribution is 14.1. The Hall–Kier alpha value is -4.52. The smallest absolute Gasteiger partial charge is 0.301 e. The first kappa shape index (κ1) is 32.0. The molecule has 1 atom stereocenters. The summed E-state index contributed by atoms with van der Waals surface area (Å²) in [4.78, 5) is 28.7. The number of ketones is 1. The summed E-state index contributed by atoms with van der Waals surface area (Å²) in [5.74, 6) is -0.525. The van der Waals surface area contributed by atoms with Gasteiger partial charge in [0.05, 0.1) is 11.6 Å². The molecule has 7 rings (SSSR count). The molecule has 0 radical (unpaired) electrons. The number of aliphatic hydroxyl groups is 1. The average Bonchev–Trinajstić information content (AvgIpc) is 3.68. The highest BCUT2D eigenvalue weighted by Crippen LogP contribution is 2.44. The highest BCUT2D eigenvalue weighted by atomic mass is 127. The minimum atomic E-state index is -0.886. The molecule has 48 heavy (non-hydrogen) atoms. The molecule has 5 aromatic carbocycles. The van der Waals surface area contributed by atoms with Crippen molar-refractivity contribution in [2.45, 2.75) is 29.7 Å². The van der Waals surface area contributed by atoms with Gasteiger partial charge in [0.1, 0.15) is 18.1 Å². The Morgan fingerprint density at radius 3 is 2.38 bits per heavy atom. The van der Waals surface area contributed by atoms with Gasteiger partial charge in [0, 0.05) is 14.9 Å². The van der Waals surface area contributed by atoms with Crippen molar-refractivity contribution >= 4 is 79.0 Å². The Bertz CT molecular complexity index is 2180. The summed E-state index contributed by atoms with van der Waals surface area (Å²) in [6.07, 6.45) is 0. The van der Waals surface area contributed by atoms with Gasteiger partial charge in [0.25, 0.3) is 5.78 Å². The van der Waals surface area contributed by atoms with E-state index in [2.05, 4.69) is 57.1 Å². The molecular formula is C38H28IN3O4S2. The lowest BCUT2D eigenvalue weighted by Crippen LogP contribution is -2.29. The average molecular weight is 782 g/mol. The molecule has 0 bridgehead atoms. The van der Waals surface area contributed by atoms with Crippen molar-refractivity contribution in [3.05, 3.63) is 152 Å². The number of benzene rings is 5. The van der Waals surface area contributed by atoms with Crippen LogP contribution in [0.15, 0.2) is 125 Å². The van der Waals surface area contributed by atoms with E-state index in [1.54, 1.807) is 24.3 Å². The quantitative estimate of drug-likeness (QED) is 0.0391. The summed E-state index contributed by atoms with van der Waals surface area (Å²) in [6, 6.07) is 36.0. The number of Topliss-reactive ketones (excluding diaryl/α,β-unsaturated/α-hetero) is 1. The molecule has 1 saturated heterocycles. The van der Waals surface area contributed by atoms with Gasteiger partial charge in [-0.2, -0.15) is 0 Å². The van der Waals surface area contributed by atoms with Crippen molar-refractivity contribution in [2.24, 2.45) is 0 Å². The zero-order chi connectivity index (χ0) is 33.2. The van der Waals surface area contributed by atoms with E-state index in [9.17, 15) is 14.7 Å². The normalized spacial score (nSPS) is 15.7. The van der Waals surface area contributed by atoms with E-state index >= 15 is 0 Å². The van der Waals surface area contributed by atoms with Crippen LogP contribution in [0.25, 0.3) is 16.5 Å². The second-order valence-electron chi connectivity index (χ2n) is 11.2. The van der Waals surface area contributed by atoms with Gasteiger partial charge in [0.2, 0.25) is 5.13 Å². The van der Waals surface area contributed by atoms with Crippen molar-refractivity contribution in [1.29, 1.82) is 0 Å². The minimum Gasteiger partial charge on any atom is -0.507 e. The van der Waals surface area contributed by atoms with Crippen LogP contribution in [-0.2, 0) is 21.9 Å². The van der Waals surface area contributed by atoms with Gasteiger partial charge >= 0.3 is 5.91 Å². The summed E-state index contributed by atoms with van der Waals surface area (Å²) in [5.41, 5.74) is 4.45. The van der Waals surface area contributed by atoms with Gasteiger partial charge in [0.15, 0.2) is 4.34 Å². The first-order valence-electron chi connectivity index (χ1n) is 15.1. The van der Waals surface area contributed by atoms with Crippen LogP contribution >= 0.6 is 45.7 Å². The molecule has 1 amide bonds. The van der Waals surface area contributed by atoms with Crippen molar-refractivity contribution < 1.29 is 19.4 Å². The predicted molar refractivity (Wildman–Crippen MR) is 199 cm³/mol. The van der Waals surface area contributed by atoms with Crippen LogP contribution < -0.4 is 9.64 Å². The molecular weight excluding hydrogens is 753 g/mol. The molecule has 1 fully saturated rings. The summed E-state index contributed by atoms with van der Waals surface area (Å²) in [7, 11) is 0. The third-order valence-corrected chi connectivity index (χ3v) is 11.1. The fourth-order valence-electron chi connectivity index (χ4n) is 5.70. The summed E-state index contributed by atoms with van der Waals surface area (Å²) >= 11 is 4.98. The zero-order valence-electron chi connectivity index (χ0n) is 25.7. The molecule has 0 spiro atoms. The van der Waals surface area contributed by atoms with Crippen LogP contribution in [0.4, 0.5) is 5.13 Å². The number of carbonyl (C=O) groups is 2. The number of anilines is 1. The van der Waals surface area contributed by atoms with Crippen LogP contribution in [0.3, 0.4) is 0 Å². The number of amides is 1. The second-order valence-corrected chi connectivity index (χ2v) is 14.7. The topological polar surface area (TPSA) is 92.6 Å². The summed E-state index contributed by atoms with van der Waals surface area (Å²) in [5, 5.41) is 23.0. The number of carbonyl (C=O) groups excluding carboxylic acids is 2. The fourth-order valence-corrected chi connectivity index (χ4v) is 7.94. The third-order valence-electron chi connectivity index (χ3n) is 8.25. The summed E-state index contributed by atoms with van der Waals surface area (Å²) in [6.45, 7) is 2.44. The van der Waals surface area contributed by atoms with Crippen LogP contribution in [0.5, 0.6) is 5.75 Å². The van der Waals surface area contributed by atoms with Crippen molar-refractivity contribution in [2.75, 3.05) is 4.90 Å². The van der Waals surface area contributed by atoms with Crippen LogP contribution in [0.1, 0.15) is 33.9 Å². The highest BCUT2D eigenvalue weighted by Gasteiger charge is 2.48. The Balaban J connectivity index is 1.18. The molecule has 1 unspecified atom stereocenters. The third kappa shape index (κ3) is 6.47. The van der Waals surface area contributed by atoms with E-state index in [1.807, 2.05) is 73.7 Å². The number of fused-ring (bicyclic) bond motifs is 1. The number of ether oxygens (including phenoxy) is 1. The molecule has 238 valence electrons.